The SMILES string of the molecule is C[C@@H](COc1ccnc2c1[C@H](C)CCC2)CC1Cc2ccc(-c3cc[nH]c3)cc2C12CCC(Nc1cccc(Cl)c1)(C(=O)O)CC2. The number of hydrogen-bond donors (Lipinski definition) is 3. The van der Waals surface area contributed by atoms with Crippen LogP contribution in [0.2, 0.25) is 5.02 Å². The summed E-state index contributed by atoms with van der Waals surface area (Å²) in [5.74, 6) is 1.43. The summed E-state index contributed by atoms with van der Waals surface area (Å²) in [5.41, 5.74) is 7.32. The van der Waals surface area contributed by atoms with Crippen molar-refractivity contribution in [2.45, 2.75) is 88.5 Å². The second kappa shape index (κ2) is 12.4. The maximum atomic E-state index is 12.9. The molecule has 1 spiro atoms. The second-order valence-electron chi connectivity index (χ2n) is 14.2. The molecule has 2 aromatic heterocycles. The molecular formula is C39H44ClN3O3. The Morgan fingerprint density at radius 3 is 2.74 bits per heavy atom. The normalized spacial score (nSPS) is 25.9. The van der Waals surface area contributed by atoms with Crippen LogP contribution in [0.25, 0.3) is 11.1 Å². The van der Waals surface area contributed by atoms with Gasteiger partial charge in [-0.15, -0.1) is 0 Å². The van der Waals surface area contributed by atoms with Gasteiger partial charge in [0.1, 0.15) is 11.3 Å². The topological polar surface area (TPSA) is 87.2 Å². The molecule has 240 valence electrons. The quantitative estimate of drug-likeness (QED) is 0.170. The van der Waals surface area contributed by atoms with E-state index >= 15 is 0 Å². The van der Waals surface area contributed by atoms with Crippen molar-refractivity contribution in [1.29, 1.82) is 0 Å². The average Bonchev–Trinajstić information content (AvgIpc) is 3.68. The first kappa shape index (κ1) is 30.9. The Bertz CT molecular complexity index is 1710. The predicted molar refractivity (Wildman–Crippen MR) is 184 cm³/mol. The average molecular weight is 638 g/mol. The number of carbonyl (C=O) groups is 1. The van der Waals surface area contributed by atoms with Crippen LogP contribution in [-0.4, -0.2) is 33.2 Å². The van der Waals surface area contributed by atoms with Crippen LogP contribution < -0.4 is 10.1 Å². The van der Waals surface area contributed by atoms with E-state index < -0.39 is 11.5 Å². The van der Waals surface area contributed by atoms with Crippen molar-refractivity contribution >= 4 is 23.3 Å². The van der Waals surface area contributed by atoms with E-state index in [1.165, 1.54) is 46.4 Å². The lowest BCUT2D eigenvalue weighted by atomic mass is 9.59. The van der Waals surface area contributed by atoms with E-state index in [4.69, 9.17) is 16.3 Å². The van der Waals surface area contributed by atoms with Crippen molar-refractivity contribution in [2.24, 2.45) is 11.8 Å². The summed E-state index contributed by atoms with van der Waals surface area (Å²) in [4.78, 5) is 20.8. The Hall–Kier alpha value is -3.77. The third-order valence-electron chi connectivity index (χ3n) is 11.2. The molecule has 1 saturated carbocycles. The minimum atomic E-state index is -1.03. The van der Waals surface area contributed by atoms with Crippen molar-refractivity contribution in [3.63, 3.8) is 0 Å². The van der Waals surface area contributed by atoms with E-state index in [-0.39, 0.29) is 5.41 Å². The van der Waals surface area contributed by atoms with Crippen molar-refractivity contribution in [3.8, 4) is 16.9 Å². The van der Waals surface area contributed by atoms with Gasteiger partial charge in [-0.25, -0.2) is 4.79 Å². The molecule has 0 bridgehead atoms. The van der Waals surface area contributed by atoms with E-state index in [1.807, 2.05) is 48.9 Å². The molecule has 0 aliphatic heterocycles. The number of H-pyrrole nitrogens is 1. The highest BCUT2D eigenvalue weighted by atomic mass is 35.5. The highest BCUT2D eigenvalue weighted by molar-refractivity contribution is 6.30. The van der Waals surface area contributed by atoms with Crippen molar-refractivity contribution in [3.05, 3.63) is 101 Å². The molecule has 3 N–H and O–H groups in total. The van der Waals surface area contributed by atoms with Gasteiger partial charge < -0.3 is 20.1 Å². The third-order valence-corrected chi connectivity index (χ3v) is 11.5. The number of carboxylic acid groups (broad SMARTS) is 1. The highest BCUT2D eigenvalue weighted by Crippen LogP contribution is 2.56. The minimum Gasteiger partial charge on any atom is -0.493 e. The molecule has 0 amide bonds. The molecule has 7 rings (SSSR count). The van der Waals surface area contributed by atoms with Crippen LogP contribution in [0, 0.1) is 11.8 Å². The van der Waals surface area contributed by atoms with Gasteiger partial charge in [-0.1, -0.05) is 49.7 Å². The van der Waals surface area contributed by atoms with E-state index in [9.17, 15) is 9.90 Å². The number of benzene rings is 2. The Labute approximate surface area is 277 Å². The molecule has 6 nitrogen and oxygen atoms in total. The number of anilines is 1. The van der Waals surface area contributed by atoms with Gasteiger partial charge in [-0.05, 0) is 134 Å². The van der Waals surface area contributed by atoms with Gasteiger partial charge in [0.2, 0.25) is 0 Å². The number of aromatic amines is 1. The van der Waals surface area contributed by atoms with Gasteiger partial charge in [0.25, 0.3) is 0 Å². The molecule has 3 aliphatic rings. The molecule has 2 aromatic carbocycles. The number of nitrogens with zero attached hydrogens (tertiary/aromatic N) is 1. The molecule has 3 atom stereocenters. The van der Waals surface area contributed by atoms with E-state index in [0.29, 0.717) is 42.2 Å². The number of aliphatic carboxylic acids is 1. The first-order chi connectivity index (χ1) is 22.3. The standard InChI is InChI=1S/C39H44ClN3O3/c1-25(24-46-35-12-18-42-34-8-3-5-26(2)36(34)35)19-30-20-28-10-9-27(29-11-17-41-23-29)21-33(28)38(30)13-15-39(16-14-38,37(44)45)43-32-7-4-6-31(40)22-32/h4,6-7,9-12,17-18,21-23,25-26,30,41,43H,3,5,8,13-16,19-20,24H2,1-2H3,(H,44,45)/t25-,26-,30?,38?,39?/m1/s1. The summed E-state index contributed by atoms with van der Waals surface area (Å²) in [7, 11) is 0. The zero-order valence-electron chi connectivity index (χ0n) is 26.8. The molecule has 7 heteroatoms. The number of carboxylic acids is 1. The van der Waals surface area contributed by atoms with Crippen LogP contribution in [0.15, 0.2) is 73.2 Å². The zero-order chi connectivity index (χ0) is 31.9. The Morgan fingerprint density at radius 1 is 1.13 bits per heavy atom. The fraction of sp³-hybridized carbons (Fsp3) is 0.436. The van der Waals surface area contributed by atoms with E-state index in [0.717, 1.165) is 43.5 Å². The van der Waals surface area contributed by atoms with Crippen molar-refractivity contribution in [1.82, 2.24) is 9.97 Å². The van der Waals surface area contributed by atoms with Crippen molar-refractivity contribution in [2.75, 3.05) is 11.9 Å². The number of aryl methyl sites for hydroxylation is 1. The summed E-state index contributed by atoms with van der Waals surface area (Å²) in [6, 6.07) is 18.5. The number of halogens is 1. The van der Waals surface area contributed by atoms with Crippen LogP contribution in [0.3, 0.4) is 0 Å². The van der Waals surface area contributed by atoms with Crippen LogP contribution >= 0.6 is 11.6 Å². The summed E-state index contributed by atoms with van der Waals surface area (Å²) < 4.78 is 6.57. The molecular weight excluding hydrogens is 594 g/mol. The molecule has 3 aliphatic carbocycles. The van der Waals surface area contributed by atoms with Gasteiger partial charge in [0.05, 0.1) is 6.61 Å². The first-order valence-corrected chi connectivity index (χ1v) is 17.3. The van der Waals surface area contributed by atoms with Crippen LogP contribution in [0.5, 0.6) is 5.75 Å². The smallest absolute Gasteiger partial charge is 0.329 e. The maximum Gasteiger partial charge on any atom is 0.329 e. The summed E-state index contributed by atoms with van der Waals surface area (Å²) >= 11 is 6.27. The number of ether oxygens (including phenoxy) is 1. The molecule has 4 aromatic rings. The summed E-state index contributed by atoms with van der Waals surface area (Å²) in [5, 5.41) is 14.6. The largest absolute Gasteiger partial charge is 0.493 e. The van der Waals surface area contributed by atoms with Crippen LogP contribution in [0.1, 0.15) is 87.1 Å². The monoisotopic (exact) mass is 637 g/mol. The second-order valence-corrected chi connectivity index (χ2v) is 14.6. The molecule has 2 heterocycles. The Morgan fingerprint density at radius 2 is 1.98 bits per heavy atom. The van der Waals surface area contributed by atoms with Gasteiger partial charge in [0, 0.05) is 40.6 Å². The molecule has 0 radical (unpaired) electrons. The van der Waals surface area contributed by atoms with Crippen LogP contribution in [0.4, 0.5) is 5.69 Å². The lowest BCUT2D eigenvalue weighted by molar-refractivity contribution is -0.144. The fourth-order valence-electron chi connectivity index (χ4n) is 8.78. The zero-order valence-corrected chi connectivity index (χ0v) is 27.6. The minimum absolute atomic E-state index is 0.0881. The van der Waals surface area contributed by atoms with Gasteiger partial charge in [-0.3, -0.25) is 4.98 Å². The van der Waals surface area contributed by atoms with Crippen molar-refractivity contribution < 1.29 is 14.6 Å². The molecule has 0 saturated heterocycles. The number of rotatable bonds is 9. The highest BCUT2D eigenvalue weighted by Gasteiger charge is 2.54. The van der Waals surface area contributed by atoms with Gasteiger partial charge in [0.15, 0.2) is 0 Å². The van der Waals surface area contributed by atoms with Gasteiger partial charge >= 0.3 is 5.97 Å². The third kappa shape index (κ3) is 5.70. The van der Waals surface area contributed by atoms with Gasteiger partial charge in [-0.2, -0.15) is 0 Å². The summed E-state index contributed by atoms with van der Waals surface area (Å²) in [6.07, 6.45) is 14.1. The lowest BCUT2D eigenvalue weighted by Crippen LogP contribution is -2.53. The predicted octanol–water partition coefficient (Wildman–Crippen LogP) is 9.19. The number of fused-ring (bicyclic) bond motifs is 3. The number of pyridine rings is 1. The Kier molecular flexibility index (Phi) is 8.35. The number of hydrogen-bond acceptors (Lipinski definition) is 4. The lowest BCUT2D eigenvalue weighted by Gasteiger charge is -2.47. The molecule has 1 fully saturated rings. The summed E-state index contributed by atoms with van der Waals surface area (Å²) in [6.45, 7) is 5.26. The molecule has 1 unspecified atom stereocenters. The first-order valence-electron chi connectivity index (χ1n) is 16.9. The van der Waals surface area contributed by atoms with E-state index in [2.05, 4.69) is 53.4 Å². The van der Waals surface area contributed by atoms with E-state index in [1.54, 1.807) is 0 Å². The number of nitrogens with one attached hydrogen (secondary N) is 2. The van der Waals surface area contributed by atoms with Crippen LogP contribution in [-0.2, 0) is 23.1 Å². The maximum absolute atomic E-state index is 12.9. The number of aromatic nitrogens is 2. The fourth-order valence-corrected chi connectivity index (χ4v) is 8.97. The Balaban J connectivity index is 1.15. The molecule has 46 heavy (non-hydrogen) atoms.